The van der Waals surface area contributed by atoms with Gasteiger partial charge in [-0.15, -0.1) is 0 Å². The van der Waals surface area contributed by atoms with Gasteiger partial charge in [0.05, 0.1) is 11.0 Å². The highest BCUT2D eigenvalue weighted by Crippen LogP contribution is 2.61. The van der Waals surface area contributed by atoms with Crippen LogP contribution in [0, 0.1) is 5.41 Å². The van der Waals surface area contributed by atoms with Gasteiger partial charge in [0.25, 0.3) is 0 Å². The lowest BCUT2D eigenvalue weighted by Gasteiger charge is -2.45. The maximum Gasteiger partial charge on any atom is 0.333 e. The van der Waals surface area contributed by atoms with Crippen molar-refractivity contribution in [1.82, 2.24) is 4.57 Å². The number of nitrogens with zero attached hydrogens (tertiary/aromatic N) is 3. The van der Waals surface area contributed by atoms with Crippen molar-refractivity contribution in [2.75, 3.05) is 9.71 Å². The number of anilines is 4. The zero-order chi connectivity index (χ0) is 49.4. The van der Waals surface area contributed by atoms with Crippen LogP contribution in [0.15, 0.2) is 194 Å². The van der Waals surface area contributed by atoms with Crippen molar-refractivity contribution >= 4 is 79.0 Å². The molecular weight excluding hydrogens is 858 g/mol. The van der Waals surface area contributed by atoms with Crippen molar-refractivity contribution < 1.29 is 0 Å². The van der Waals surface area contributed by atoms with E-state index in [1.54, 1.807) is 0 Å². The van der Waals surface area contributed by atoms with E-state index < -0.39 is 0 Å². The molecule has 8 aromatic carbocycles. The summed E-state index contributed by atoms with van der Waals surface area (Å²) in [5.41, 5.74) is 23.7. The molecule has 0 amide bonds. The van der Waals surface area contributed by atoms with Gasteiger partial charge in [-0.2, -0.15) is 0 Å². The maximum absolute atomic E-state index is 2.78. The molecule has 3 aliphatic rings. The largest absolute Gasteiger partial charge is 0.376 e. The second-order valence-electron chi connectivity index (χ2n) is 23.9. The number of para-hydroxylation sites is 2. The van der Waals surface area contributed by atoms with E-state index in [9.17, 15) is 0 Å². The third kappa shape index (κ3) is 7.00. The van der Waals surface area contributed by atoms with Crippen molar-refractivity contribution in [1.29, 1.82) is 0 Å². The Hall–Kier alpha value is -7.30. The molecule has 2 aliphatic heterocycles. The first-order chi connectivity index (χ1) is 33.9. The Labute approximate surface area is 421 Å². The molecule has 3 nitrogen and oxygen atoms in total. The summed E-state index contributed by atoms with van der Waals surface area (Å²) in [6, 6.07) is 71.1. The maximum atomic E-state index is 2.78. The first-order valence-corrected chi connectivity index (χ1v) is 25.6. The molecule has 0 saturated carbocycles. The van der Waals surface area contributed by atoms with E-state index in [0.29, 0.717) is 0 Å². The standard InChI is InChI=1S/C67H64BN3/c1-64(2,3)45-32-34-50(35-33-45)71-63-58(43-24-16-12-17-25-43)59(44-26-18-13-19-27-44)67(10,11)60(63)54-39-47(66(7,8)9)41-57-61(54)68(71)55-40-46(65(4,5)6)38-53-52-42-51(36-37-56(52)70(57)62(53)55)69(48-28-20-14-21-29-48)49-30-22-15-23-31-49/h12-42H,1-11H3. The van der Waals surface area contributed by atoms with Crippen LogP contribution in [0.2, 0.25) is 0 Å². The molecule has 0 radical (unpaired) electrons. The molecule has 9 aromatic rings. The Bertz CT molecular complexity index is 3590. The average Bonchev–Trinajstić information content (AvgIpc) is 3.81. The van der Waals surface area contributed by atoms with Gasteiger partial charge >= 0.3 is 6.85 Å². The van der Waals surface area contributed by atoms with E-state index in [4.69, 9.17) is 0 Å². The number of benzene rings is 8. The summed E-state index contributed by atoms with van der Waals surface area (Å²) >= 11 is 0. The summed E-state index contributed by atoms with van der Waals surface area (Å²) in [5.74, 6) is 0. The summed E-state index contributed by atoms with van der Waals surface area (Å²) < 4.78 is 2.66. The highest BCUT2D eigenvalue weighted by atomic mass is 15.1. The van der Waals surface area contributed by atoms with Crippen LogP contribution >= 0.6 is 0 Å². The second-order valence-corrected chi connectivity index (χ2v) is 23.9. The first kappa shape index (κ1) is 44.9. The third-order valence-corrected chi connectivity index (χ3v) is 15.7. The van der Waals surface area contributed by atoms with E-state index in [2.05, 4.69) is 278 Å². The van der Waals surface area contributed by atoms with Crippen LogP contribution in [0.4, 0.5) is 22.7 Å². The minimum atomic E-state index is -0.379. The number of hydrogen-bond donors (Lipinski definition) is 0. The normalized spacial score (nSPS) is 15.2. The fraction of sp³-hybridized carbons (Fsp3) is 0.224. The van der Waals surface area contributed by atoms with Gasteiger partial charge in [-0.3, -0.25) is 0 Å². The molecule has 350 valence electrons. The van der Waals surface area contributed by atoms with Crippen LogP contribution in [0.25, 0.3) is 44.2 Å². The monoisotopic (exact) mass is 922 g/mol. The van der Waals surface area contributed by atoms with Gasteiger partial charge < -0.3 is 14.3 Å². The predicted molar refractivity (Wildman–Crippen MR) is 306 cm³/mol. The highest BCUT2D eigenvalue weighted by Gasteiger charge is 2.53. The van der Waals surface area contributed by atoms with Crippen LogP contribution in [-0.4, -0.2) is 11.4 Å². The van der Waals surface area contributed by atoms with Crippen molar-refractivity contribution in [3.05, 3.63) is 227 Å². The molecule has 0 unspecified atom stereocenters. The molecule has 12 rings (SSSR count). The average molecular weight is 922 g/mol. The molecule has 3 heterocycles. The summed E-state index contributed by atoms with van der Waals surface area (Å²) in [7, 11) is 0. The zero-order valence-corrected chi connectivity index (χ0v) is 43.3. The van der Waals surface area contributed by atoms with Crippen LogP contribution in [0.1, 0.15) is 110 Å². The topological polar surface area (TPSA) is 11.4 Å². The van der Waals surface area contributed by atoms with E-state index in [1.807, 2.05) is 0 Å². The lowest BCUT2D eigenvalue weighted by molar-refractivity contribution is 0.589. The smallest absolute Gasteiger partial charge is 0.333 e. The van der Waals surface area contributed by atoms with Gasteiger partial charge in [0, 0.05) is 55.9 Å². The van der Waals surface area contributed by atoms with Gasteiger partial charge in [0.2, 0.25) is 0 Å². The summed E-state index contributed by atoms with van der Waals surface area (Å²) in [5, 5.41) is 2.55. The minimum absolute atomic E-state index is 0.00729. The molecule has 4 heteroatoms. The number of rotatable bonds is 6. The minimum Gasteiger partial charge on any atom is -0.376 e. The van der Waals surface area contributed by atoms with Gasteiger partial charge in [-0.25, -0.2) is 0 Å². The Morgan fingerprint density at radius 1 is 0.465 bits per heavy atom. The first-order valence-electron chi connectivity index (χ1n) is 25.6. The van der Waals surface area contributed by atoms with Crippen molar-refractivity contribution in [3.8, 4) is 5.69 Å². The van der Waals surface area contributed by atoms with Gasteiger partial charge in [-0.05, 0) is 138 Å². The molecule has 0 atom stereocenters. The van der Waals surface area contributed by atoms with E-state index in [1.165, 1.54) is 99.9 Å². The SMILES string of the molecule is CC1(C)C(c2ccccc2)=C(c2ccccc2)C2=C1c1cc(C(C)(C)C)cc3c1B(c1cc(C(C)(C)C)cc4c5cc(N(c6ccccc6)c6ccccc6)ccc5n-3c14)N2c1ccc(C(C)(C)C)cc1. The Morgan fingerprint density at radius 2 is 1.00 bits per heavy atom. The molecule has 0 spiro atoms. The van der Waals surface area contributed by atoms with Gasteiger partial charge in [0.15, 0.2) is 0 Å². The van der Waals surface area contributed by atoms with Crippen molar-refractivity contribution in [3.63, 3.8) is 0 Å². The fourth-order valence-corrected chi connectivity index (χ4v) is 12.2. The summed E-state index contributed by atoms with van der Waals surface area (Å²) in [4.78, 5) is 5.18. The molecule has 0 bridgehead atoms. The second kappa shape index (κ2) is 15.9. The van der Waals surface area contributed by atoms with E-state index >= 15 is 0 Å². The number of fused-ring (bicyclic) bond motifs is 6. The summed E-state index contributed by atoms with van der Waals surface area (Å²) in [6.45, 7) is 26.1. The van der Waals surface area contributed by atoms with Crippen LogP contribution < -0.4 is 20.6 Å². The molecule has 0 N–H and O–H groups in total. The number of hydrogen-bond acceptors (Lipinski definition) is 2. The fourth-order valence-electron chi connectivity index (χ4n) is 12.2. The van der Waals surface area contributed by atoms with Crippen molar-refractivity contribution in [2.45, 2.75) is 92.4 Å². The number of aromatic nitrogens is 1. The van der Waals surface area contributed by atoms with Crippen LogP contribution in [-0.2, 0) is 16.2 Å². The lowest BCUT2D eigenvalue weighted by Crippen LogP contribution is -2.63. The molecule has 1 aromatic heterocycles. The quantitative estimate of drug-likeness (QED) is 0.154. The van der Waals surface area contributed by atoms with Gasteiger partial charge in [0.1, 0.15) is 0 Å². The molecule has 1 aliphatic carbocycles. The third-order valence-electron chi connectivity index (χ3n) is 15.7. The highest BCUT2D eigenvalue weighted by molar-refractivity contribution is 6.93. The van der Waals surface area contributed by atoms with E-state index in [-0.39, 0.29) is 28.5 Å². The molecule has 0 fully saturated rings. The Kier molecular flexibility index (Phi) is 10.0. The Balaban J connectivity index is 1.24. The summed E-state index contributed by atoms with van der Waals surface area (Å²) in [6.07, 6.45) is 0. The molecular formula is C67H64BN3. The van der Waals surface area contributed by atoms with E-state index in [0.717, 1.165) is 17.1 Å². The molecule has 0 saturated heterocycles. The van der Waals surface area contributed by atoms with Crippen LogP contribution in [0.5, 0.6) is 0 Å². The Morgan fingerprint density at radius 3 is 1.56 bits per heavy atom. The lowest BCUT2D eigenvalue weighted by atomic mass is 9.43. The number of allylic oxidation sites excluding steroid dienone is 3. The van der Waals surface area contributed by atoms with Crippen LogP contribution in [0.3, 0.4) is 0 Å². The van der Waals surface area contributed by atoms with Gasteiger partial charge in [-0.1, -0.05) is 197 Å². The predicted octanol–water partition coefficient (Wildman–Crippen LogP) is 16.4. The van der Waals surface area contributed by atoms with Crippen molar-refractivity contribution in [2.24, 2.45) is 5.41 Å². The zero-order valence-electron chi connectivity index (χ0n) is 43.3. The molecule has 71 heavy (non-hydrogen) atoms.